The lowest BCUT2D eigenvalue weighted by atomic mass is 10.1. The summed E-state index contributed by atoms with van der Waals surface area (Å²) in [7, 11) is 0. The Bertz CT molecular complexity index is 1020. The predicted octanol–water partition coefficient (Wildman–Crippen LogP) is 3.16. The largest absolute Gasteiger partial charge is 0.321 e. The standard InChI is InChI=1S/C21H22N4O2/c26-20-18-10-3-2-9-17(18)19(23-24-20)21(27)22-16-8-6-7-15(13-16)14-25-11-4-1-5-12-25/h2-3,6-10,13H,1,4-5,11-12,14H2,(H,22,27)(H,24,26). The maximum Gasteiger partial charge on any atom is 0.276 e. The summed E-state index contributed by atoms with van der Waals surface area (Å²) in [5, 5.41) is 10.3. The number of carbonyl (C=O) groups is 1. The second kappa shape index (κ2) is 7.72. The van der Waals surface area contributed by atoms with Crippen LogP contribution in [0.1, 0.15) is 35.3 Å². The molecule has 1 saturated heterocycles. The van der Waals surface area contributed by atoms with Crippen LogP contribution in [0.3, 0.4) is 0 Å². The van der Waals surface area contributed by atoms with Gasteiger partial charge in [0.25, 0.3) is 11.5 Å². The van der Waals surface area contributed by atoms with E-state index in [0.29, 0.717) is 10.8 Å². The number of aromatic amines is 1. The molecule has 0 saturated carbocycles. The molecule has 2 N–H and O–H groups in total. The van der Waals surface area contributed by atoms with Crippen molar-refractivity contribution in [2.24, 2.45) is 0 Å². The van der Waals surface area contributed by atoms with Gasteiger partial charge < -0.3 is 5.32 Å². The van der Waals surface area contributed by atoms with Crippen LogP contribution in [0.4, 0.5) is 5.69 Å². The number of hydrogen-bond donors (Lipinski definition) is 2. The van der Waals surface area contributed by atoms with Gasteiger partial charge in [0.05, 0.1) is 5.39 Å². The van der Waals surface area contributed by atoms with Gasteiger partial charge in [0.15, 0.2) is 5.69 Å². The van der Waals surface area contributed by atoms with Gasteiger partial charge in [-0.1, -0.05) is 36.8 Å². The highest BCUT2D eigenvalue weighted by molar-refractivity contribution is 6.11. The van der Waals surface area contributed by atoms with Gasteiger partial charge in [0.1, 0.15) is 0 Å². The molecule has 0 atom stereocenters. The van der Waals surface area contributed by atoms with Crippen LogP contribution in [0, 0.1) is 0 Å². The number of amides is 1. The fourth-order valence-electron chi connectivity index (χ4n) is 3.60. The second-order valence-corrected chi connectivity index (χ2v) is 6.94. The minimum absolute atomic E-state index is 0.214. The van der Waals surface area contributed by atoms with Gasteiger partial charge in [-0.05, 0) is 49.7 Å². The van der Waals surface area contributed by atoms with Crippen LogP contribution in [-0.2, 0) is 6.54 Å². The molecule has 0 bridgehead atoms. The number of anilines is 1. The van der Waals surface area contributed by atoms with Gasteiger partial charge in [0.2, 0.25) is 0 Å². The topological polar surface area (TPSA) is 78.1 Å². The molecule has 0 unspecified atom stereocenters. The van der Waals surface area contributed by atoms with Gasteiger partial charge in [-0.15, -0.1) is 0 Å². The van der Waals surface area contributed by atoms with Crippen LogP contribution in [0.25, 0.3) is 10.8 Å². The molecule has 27 heavy (non-hydrogen) atoms. The van der Waals surface area contributed by atoms with Crippen molar-refractivity contribution in [1.29, 1.82) is 0 Å². The number of carbonyl (C=O) groups excluding carboxylic acids is 1. The van der Waals surface area contributed by atoms with E-state index in [1.54, 1.807) is 24.3 Å². The van der Waals surface area contributed by atoms with E-state index in [4.69, 9.17) is 0 Å². The minimum Gasteiger partial charge on any atom is -0.321 e. The van der Waals surface area contributed by atoms with E-state index >= 15 is 0 Å². The number of rotatable bonds is 4. The van der Waals surface area contributed by atoms with Crippen LogP contribution in [-0.4, -0.2) is 34.1 Å². The number of aromatic nitrogens is 2. The van der Waals surface area contributed by atoms with Crippen molar-refractivity contribution in [3.8, 4) is 0 Å². The van der Waals surface area contributed by atoms with E-state index in [9.17, 15) is 9.59 Å². The molecule has 0 spiro atoms. The highest BCUT2D eigenvalue weighted by Crippen LogP contribution is 2.18. The molecule has 1 aliphatic heterocycles. The molecule has 1 amide bonds. The average Bonchev–Trinajstić information content (AvgIpc) is 2.69. The smallest absolute Gasteiger partial charge is 0.276 e. The van der Waals surface area contributed by atoms with E-state index in [1.807, 2.05) is 18.2 Å². The molecule has 1 aromatic heterocycles. The van der Waals surface area contributed by atoms with Gasteiger partial charge >= 0.3 is 0 Å². The van der Waals surface area contributed by atoms with E-state index < -0.39 is 0 Å². The zero-order valence-corrected chi connectivity index (χ0v) is 15.1. The van der Waals surface area contributed by atoms with Crippen LogP contribution in [0.2, 0.25) is 0 Å². The maximum atomic E-state index is 12.7. The van der Waals surface area contributed by atoms with Crippen molar-refractivity contribution in [1.82, 2.24) is 15.1 Å². The summed E-state index contributed by atoms with van der Waals surface area (Å²) in [5.41, 5.74) is 1.82. The molecular weight excluding hydrogens is 340 g/mol. The van der Waals surface area contributed by atoms with Crippen molar-refractivity contribution in [2.75, 3.05) is 18.4 Å². The number of piperidine rings is 1. The van der Waals surface area contributed by atoms with Gasteiger partial charge in [-0.2, -0.15) is 5.10 Å². The molecule has 0 radical (unpaired) electrons. The lowest BCUT2D eigenvalue weighted by Gasteiger charge is -2.26. The maximum absolute atomic E-state index is 12.7. The normalized spacial score (nSPS) is 15.0. The molecular formula is C21H22N4O2. The van der Waals surface area contributed by atoms with Crippen molar-refractivity contribution < 1.29 is 4.79 Å². The minimum atomic E-state index is -0.336. The van der Waals surface area contributed by atoms with E-state index in [-0.39, 0.29) is 17.2 Å². The summed E-state index contributed by atoms with van der Waals surface area (Å²) in [5.74, 6) is -0.336. The summed E-state index contributed by atoms with van der Waals surface area (Å²) in [6.45, 7) is 3.15. The quantitative estimate of drug-likeness (QED) is 0.747. The Balaban J connectivity index is 1.54. The summed E-state index contributed by atoms with van der Waals surface area (Å²) in [6.07, 6.45) is 3.81. The number of nitrogens with one attached hydrogen (secondary N) is 2. The summed E-state index contributed by atoms with van der Waals surface area (Å²) < 4.78 is 0. The van der Waals surface area contributed by atoms with E-state index in [0.717, 1.165) is 25.3 Å². The fraction of sp³-hybridized carbons (Fsp3) is 0.286. The molecule has 1 fully saturated rings. The molecule has 6 heteroatoms. The third-order valence-electron chi connectivity index (χ3n) is 4.95. The van der Waals surface area contributed by atoms with E-state index in [2.05, 4.69) is 26.5 Å². The SMILES string of the molecule is O=C(Nc1cccc(CN2CCCCC2)c1)c1n[nH]c(=O)c2ccccc12. The first kappa shape index (κ1) is 17.4. The number of nitrogens with zero attached hydrogens (tertiary/aromatic N) is 2. The lowest BCUT2D eigenvalue weighted by Crippen LogP contribution is -2.29. The third kappa shape index (κ3) is 3.90. The number of likely N-dealkylation sites (tertiary alicyclic amines) is 1. The highest BCUT2D eigenvalue weighted by atomic mass is 16.2. The molecule has 4 rings (SSSR count). The Hall–Kier alpha value is -2.99. The Kier molecular flexibility index (Phi) is 4.98. The second-order valence-electron chi connectivity index (χ2n) is 6.94. The molecule has 3 aromatic rings. The zero-order valence-electron chi connectivity index (χ0n) is 15.1. The predicted molar refractivity (Wildman–Crippen MR) is 106 cm³/mol. The molecule has 2 aromatic carbocycles. The van der Waals surface area contributed by atoms with Crippen molar-refractivity contribution in [3.05, 3.63) is 70.1 Å². The summed E-state index contributed by atoms with van der Waals surface area (Å²) in [6, 6.07) is 14.9. The number of benzene rings is 2. The van der Waals surface area contributed by atoms with Crippen LogP contribution in [0.15, 0.2) is 53.3 Å². The molecule has 1 aliphatic rings. The van der Waals surface area contributed by atoms with Crippen LogP contribution < -0.4 is 10.9 Å². The molecule has 0 aliphatic carbocycles. The van der Waals surface area contributed by atoms with Gasteiger partial charge in [0, 0.05) is 17.6 Å². The van der Waals surface area contributed by atoms with Crippen LogP contribution in [0.5, 0.6) is 0 Å². The zero-order chi connectivity index (χ0) is 18.6. The fourth-order valence-corrected chi connectivity index (χ4v) is 3.60. The molecule has 6 nitrogen and oxygen atoms in total. The van der Waals surface area contributed by atoms with Gasteiger partial charge in [-0.3, -0.25) is 14.5 Å². The van der Waals surface area contributed by atoms with Crippen LogP contribution >= 0.6 is 0 Å². The highest BCUT2D eigenvalue weighted by Gasteiger charge is 2.15. The Morgan fingerprint density at radius 2 is 1.81 bits per heavy atom. The Morgan fingerprint density at radius 1 is 1.04 bits per heavy atom. The van der Waals surface area contributed by atoms with Crippen molar-refractivity contribution >= 4 is 22.4 Å². The summed E-state index contributed by atoms with van der Waals surface area (Å²) >= 11 is 0. The van der Waals surface area contributed by atoms with Crippen molar-refractivity contribution in [3.63, 3.8) is 0 Å². The monoisotopic (exact) mass is 362 g/mol. The average molecular weight is 362 g/mol. The Morgan fingerprint density at radius 3 is 2.63 bits per heavy atom. The van der Waals surface area contributed by atoms with Crippen molar-refractivity contribution in [2.45, 2.75) is 25.8 Å². The number of fused-ring (bicyclic) bond motifs is 1. The molecule has 138 valence electrons. The first-order valence-corrected chi connectivity index (χ1v) is 9.31. The summed E-state index contributed by atoms with van der Waals surface area (Å²) in [4.78, 5) is 27.1. The number of hydrogen-bond acceptors (Lipinski definition) is 4. The third-order valence-corrected chi connectivity index (χ3v) is 4.95. The molecule has 2 heterocycles. The Labute approximate surface area is 157 Å². The number of H-pyrrole nitrogens is 1. The first-order valence-electron chi connectivity index (χ1n) is 9.31. The lowest BCUT2D eigenvalue weighted by molar-refractivity contribution is 0.102. The van der Waals surface area contributed by atoms with E-state index in [1.165, 1.54) is 24.8 Å². The van der Waals surface area contributed by atoms with Gasteiger partial charge in [-0.25, -0.2) is 5.10 Å². The first-order chi connectivity index (χ1) is 13.2.